The molecule has 2 N–H and O–H groups in total. The fourth-order valence-corrected chi connectivity index (χ4v) is 2.79. The predicted molar refractivity (Wildman–Crippen MR) is 85.1 cm³/mol. The van der Waals surface area contributed by atoms with E-state index in [2.05, 4.69) is 44.7 Å². The molecule has 1 aliphatic rings. The third-order valence-electron chi connectivity index (χ3n) is 3.78. The van der Waals surface area contributed by atoms with Crippen LogP contribution in [0.25, 0.3) is 0 Å². The number of anilines is 2. The van der Waals surface area contributed by atoms with Gasteiger partial charge in [-0.2, -0.15) is 5.10 Å². The van der Waals surface area contributed by atoms with Crippen LogP contribution in [0.3, 0.4) is 0 Å². The summed E-state index contributed by atoms with van der Waals surface area (Å²) in [5, 5.41) is 9.46. The summed E-state index contributed by atoms with van der Waals surface area (Å²) in [4.78, 5) is 13.8. The van der Waals surface area contributed by atoms with Gasteiger partial charge in [0.1, 0.15) is 5.02 Å². The highest BCUT2D eigenvalue weighted by molar-refractivity contribution is 6.32. The van der Waals surface area contributed by atoms with Gasteiger partial charge in [0, 0.05) is 25.3 Å². The lowest BCUT2D eigenvalue weighted by Crippen LogP contribution is -2.23. The van der Waals surface area contributed by atoms with E-state index in [1.54, 1.807) is 6.20 Å². The van der Waals surface area contributed by atoms with Crippen molar-refractivity contribution in [3.05, 3.63) is 51.9 Å². The first-order valence-corrected chi connectivity index (χ1v) is 7.39. The minimum absolute atomic E-state index is 0.169. The quantitative estimate of drug-likeness (QED) is 0.910. The van der Waals surface area contributed by atoms with Gasteiger partial charge in [-0.05, 0) is 24.5 Å². The Labute approximate surface area is 127 Å². The van der Waals surface area contributed by atoms with Gasteiger partial charge in [-0.25, -0.2) is 5.10 Å². The van der Waals surface area contributed by atoms with Crippen molar-refractivity contribution >= 4 is 23.0 Å². The SMILES string of the molecule is O=c1[nH]ncc(NCC2CCN(c3ccccc3)C2)c1Cl. The maximum absolute atomic E-state index is 11.4. The highest BCUT2D eigenvalue weighted by atomic mass is 35.5. The van der Waals surface area contributed by atoms with E-state index in [1.807, 2.05) is 6.07 Å². The molecule has 5 nitrogen and oxygen atoms in total. The van der Waals surface area contributed by atoms with Crippen molar-refractivity contribution in [1.82, 2.24) is 10.2 Å². The highest BCUT2D eigenvalue weighted by Crippen LogP contribution is 2.24. The van der Waals surface area contributed by atoms with Crippen molar-refractivity contribution in [3.8, 4) is 0 Å². The molecular weight excluding hydrogens is 288 g/mol. The Hall–Kier alpha value is -2.01. The Balaban J connectivity index is 1.58. The molecule has 1 fully saturated rings. The third kappa shape index (κ3) is 3.19. The van der Waals surface area contributed by atoms with Gasteiger partial charge in [0.15, 0.2) is 0 Å². The second-order valence-electron chi connectivity index (χ2n) is 5.24. The fraction of sp³-hybridized carbons (Fsp3) is 0.333. The number of benzene rings is 1. The molecule has 2 heterocycles. The molecule has 0 radical (unpaired) electrons. The van der Waals surface area contributed by atoms with Crippen LogP contribution >= 0.6 is 11.6 Å². The summed E-state index contributed by atoms with van der Waals surface area (Å²) >= 11 is 5.95. The zero-order valence-corrected chi connectivity index (χ0v) is 12.3. The molecule has 1 unspecified atom stereocenters. The number of H-pyrrole nitrogens is 1. The van der Waals surface area contributed by atoms with Gasteiger partial charge in [0.2, 0.25) is 0 Å². The Morgan fingerprint density at radius 1 is 1.38 bits per heavy atom. The topological polar surface area (TPSA) is 61.0 Å². The molecular formula is C15H17ClN4O. The molecule has 0 aliphatic carbocycles. The summed E-state index contributed by atoms with van der Waals surface area (Å²) < 4.78 is 0. The van der Waals surface area contributed by atoms with Gasteiger partial charge < -0.3 is 10.2 Å². The molecule has 110 valence electrons. The first-order chi connectivity index (χ1) is 10.2. The molecule has 1 atom stereocenters. The van der Waals surface area contributed by atoms with Crippen LogP contribution in [0.4, 0.5) is 11.4 Å². The van der Waals surface area contributed by atoms with Gasteiger partial charge in [-0.1, -0.05) is 29.8 Å². The van der Waals surface area contributed by atoms with Gasteiger partial charge in [0.25, 0.3) is 5.56 Å². The Morgan fingerprint density at radius 3 is 3.00 bits per heavy atom. The molecule has 1 saturated heterocycles. The molecule has 0 saturated carbocycles. The van der Waals surface area contributed by atoms with E-state index in [0.717, 1.165) is 26.1 Å². The summed E-state index contributed by atoms with van der Waals surface area (Å²) in [6.07, 6.45) is 2.67. The zero-order chi connectivity index (χ0) is 14.7. The first-order valence-electron chi connectivity index (χ1n) is 7.01. The standard InChI is InChI=1S/C15H17ClN4O/c16-14-13(9-18-19-15(14)21)17-8-11-6-7-20(10-11)12-4-2-1-3-5-12/h1-5,9,11H,6-8,10H2,(H2,17,19,21). The van der Waals surface area contributed by atoms with Crippen molar-refractivity contribution in [3.63, 3.8) is 0 Å². The fourth-order valence-electron chi connectivity index (χ4n) is 2.63. The van der Waals surface area contributed by atoms with Crippen LogP contribution < -0.4 is 15.8 Å². The van der Waals surface area contributed by atoms with Crippen molar-refractivity contribution in [2.75, 3.05) is 29.9 Å². The monoisotopic (exact) mass is 304 g/mol. The minimum atomic E-state index is -0.362. The first kappa shape index (κ1) is 13.9. The molecule has 0 bridgehead atoms. The summed E-state index contributed by atoms with van der Waals surface area (Å²) in [5.74, 6) is 0.528. The number of hydrogen-bond donors (Lipinski definition) is 2. The maximum atomic E-state index is 11.4. The Bertz CT molecular complexity index is 658. The molecule has 0 spiro atoms. The van der Waals surface area contributed by atoms with Crippen LogP contribution in [0.1, 0.15) is 6.42 Å². The molecule has 6 heteroatoms. The second-order valence-corrected chi connectivity index (χ2v) is 5.62. The zero-order valence-electron chi connectivity index (χ0n) is 11.6. The lowest BCUT2D eigenvalue weighted by molar-refractivity contribution is 0.622. The second kappa shape index (κ2) is 6.18. The minimum Gasteiger partial charge on any atom is -0.382 e. The molecule has 1 aliphatic heterocycles. The van der Waals surface area contributed by atoms with Crippen molar-refractivity contribution in [2.45, 2.75) is 6.42 Å². The van der Waals surface area contributed by atoms with Crippen LogP contribution in [0.2, 0.25) is 5.02 Å². The van der Waals surface area contributed by atoms with Crippen LogP contribution in [0.15, 0.2) is 41.3 Å². The highest BCUT2D eigenvalue weighted by Gasteiger charge is 2.22. The van der Waals surface area contributed by atoms with Gasteiger partial charge in [-0.3, -0.25) is 4.79 Å². The van der Waals surface area contributed by atoms with Crippen LogP contribution in [-0.4, -0.2) is 29.8 Å². The molecule has 3 rings (SSSR count). The van der Waals surface area contributed by atoms with Crippen LogP contribution in [0, 0.1) is 5.92 Å². The molecule has 2 aromatic rings. The van der Waals surface area contributed by atoms with Crippen LogP contribution in [0.5, 0.6) is 0 Å². The Morgan fingerprint density at radius 2 is 2.19 bits per heavy atom. The van der Waals surface area contributed by atoms with Gasteiger partial charge in [-0.15, -0.1) is 0 Å². The van der Waals surface area contributed by atoms with E-state index in [1.165, 1.54) is 5.69 Å². The summed E-state index contributed by atoms with van der Waals surface area (Å²) in [7, 11) is 0. The summed E-state index contributed by atoms with van der Waals surface area (Å²) in [6, 6.07) is 10.4. The number of aromatic nitrogens is 2. The van der Waals surface area contributed by atoms with Gasteiger partial charge in [0.05, 0.1) is 11.9 Å². The van der Waals surface area contributed by atoms with Crippen molar-refractivity contribution in [2.24, 2.45) is 5.92 Å². The van der Waals surface area contributed by atoms with E-state index in [9.17, 15) is 4.79 Å². The molecule has 0 amide bonds. The van der Waals surface area contributed by atoms with E-state index in [4.69, 9.17) is 11.6 Å². The van der Waals surface area contributed by atoms with Crippen molar-refractivity contribution < 1.29 is 0 Å². The number of para-hydroxylation sites is 1. The largest absolute Gasteiger partial charge is 0.382 e. The maximum Gasteiger partial charge on any atom is 0.285 e. The predicted octanol–water partition coefficient (Wildman–Crippen LogP) is 2.36. The molecule has 1 aromatic heterocycles. The average Bonchev–Trinajstić information content (AvgIpc) is 2.99. The summed E-state index contributed by atoms with van der Waals surface area (Å²) in [6.45, 7) is 2.84. The molecule has 1 aromatic carbocycles. The molecule has 21 heavy (non-hydrogen) atoms. The number of hydrogen-bond acceptors (Lipinski definition) is 4. The number of nitrogens with zero attached hydrogens (tertiary/aromatic N) is 2. The van der Waals surface area contributed by atoms with E-state index in [-0.39, 0.29) is 10.6 Å². The van der Waals surface area contributed by atoms with E-state index < -0.39 is 0 Å². The number of nitrogens with one attached hydrogen (secondary N) is 2. The Kier molecular flexibility index (Phi) is 4.10. The van der Waals surface area contributed by atoms with E-state index in [0.29, 0.717) is 11.6 Å². The third-order valence-corrected chi connectivity index (χ3v) is 4.16. The normalized spacial score (nSPS) is 18.0. The number of rotatable bonds is 4. The number of aromatic amines is 1. The van der Waals surface area contributed by atoms with E-state index >= 15 is 0 Å². The van der Waals surface area contributed by atoms with Gasteiger partial charge >= 0.3 is 0 Å². The average molecular weight is 305 g/mol. The lowest BCUT2D eigenvalue weighted by Gasteiger charge is -2.19. The van der Waals surface area contributed by atoms with Crippen molar-refractivity contribution in [1.29, 1.82) is 0 Å². The lowest BCUT2D eigenvalue weighted by atomic mass is 10.1. The number of halogens is 1. The summed E-state index contributed by atoms with van der Waals surface area (Å²) in [5.41, 5.74) is 1.49. The van der Waals surface area contributed by atoms with Crippen LogP contribution in [-0.2, 0) is 0 Å². The smallest absolute Gasteiger partial charge is 0.285 e.